The van der Waals surface area contributed by atoms with Gasteiger partial charge in [-0.1, -0.05) is 65.3 Å². The molecule has 4 rings (SSSR count). The van der Waals surface area contributed by atoms with Gasteiger partial charge >= 0.3 is 0 Å². The SMILES string of the molecule is CCC(C)N1C[C@@H](C(=O)N2C[C@@H](N(C(=O)C(C)(C)C)C3CCC(C)(C)CC3)C[C@H]2C(=O)N(C)C)[C@H](c2ccc(Cl)cc2)C1. The minimum Gasteiger partial charge on any atom is -0.347 e. The first-order chi connectivity index (χ1) is 20.0. The molecule has 7 nitrogen and oxygen atoms in total. The average Bonchev–Trinajstić information content (AvgIpc) is 3.58. The molecule has 2 aliphatic heterocycles. The van der Waals surface area contributed by atoms with Gasteiger partial charge in [0.2, 0.25) is 17.7 Å². The number of nitrogens with zero attached hydrogens (tertiary/aromatic N) is 4. The molecule has 1 aromatic carbocycles. The van der Waals surface area contributed by atoms with Crippen LogP contribution < -0.4 is 0 Å². The van der Waals surface area contributed by atoms with Crippen LogP contribution >= 0.6 is 11.6 Å². The van der Waals surface area contributed by atoms with Crippen molar-refractivity contribution in [3.05, 3.63) is 34.9 Å². The van der Waals surface area contributed by atoms with E-state index in [1.807, 2.05) is 49.9 Å². The molecule has 2 saturated heterocycles. The second-order valence-electron chi connectivity index (χ2n) is 15.5. The zero-order valence-corrected chi connectivity index (χ0v) is 28.8. The molecule has 1 aromatic rings. The van der Waals surface area contributed by atoms with Gasteiger partial charge in [-0.2, -0.15) is 0 Å². The normalized spacial score (nSPS) is 27.3. The fourth-order valence-corrected chi connectivity index (χ4v) is 7.56. The van der Waals surface area contributed by atoms with Crippen LogP contribution in [0.4, 0.5) is 0 Å². The lowest BCUT2D eigenvalue weighted by atomic mass is 9.74. The highest BCUT2D eigenvalue weighted by Gasteiger charge is 2.50. The number of likely N-dealkylation sites (N-methyl/N-ethyl adjacent to an activating group) is 1. The molecule has 1 saturated carbocycles. The van der Waals surface area contributed by atoms with Gasteiger partial charge in [0.25, 0.3) is 0 Å². The zero-order valence-electron chi connectivity index (χ0n) is 28.0. The lowest BCUT2D eigenvalue weighted by Crippen LogP contribution is -2.54. The van der Waals surface area contributed by atoms with Gasteiger partial charge in [-0.05, 0) is 68.6 Å². The Hall–Kier alpha value is -2.12. The molecule has 0 radical (unpaired) electrons. The number of likely N-dealkylation sites (tertiary alicyclic amines) is 2. The first kappa shape index (κ1) is 33.8. The first-order valence-corrected chi connectivity index (χ1v) is 16.8. The summed E-state index contributed by atoms with van der Waals surface area (Å²) in [5.74, 6) is -0.171. The minimum atomic E-state index is -0.577. The molecular weight excluding hydrogens is 560 g/mol. The van der Waals surface area contributed by atoms with Crippen molar-refractivity contribution in [2.75, 3.05) is 33.7 Å². The van der Waals surface area contributed by atoms with Crippen LogP contribution in [-0.4, -0.2) is 95.2 Å². The molecule has 0 spiro atoms. The molecule has 240 valence electrons. The van der Waals surface area contributed by atoms with Crippen LogP contribution in [-0.2, 0) is 14.4 Å². The largest absolute Gasteiger partial charge is 0.347 e. The van der Waals surface area contributed by atoms with Crippen molar-refractivity contribution in [1.82, 2.24) is 19.6 Å². The maximum atomic E-state index is 14.7. The number of hydrogen-bond acceptors (Lipinski definition) is 4. The maximum absolute atomic E-state index is 14.7. The monoisotopic (exact) mass is 614 g/mol. The second kappa shape index (κ2) is 13.1. The van der Waals surface area contributed by atoms with E-state index in [1.54, 1.807) is 19.0 Å². The molecule has 8 heteroatoms. The molecule has 1 aliphatic carbocycles. The van der Waals surface area contributed by atoms with E-state index in [-0.39, 0.29) is 47.1 Å². The standard InChI is InChI=1S/C35H55ClN4O3/c1-10-23(2)38-21-28(24-11-13-25(36)14-12-24)29(22-38)31(41)39-20-27(19-30(39)32(42)37(8)9)40(33(43)34(3,4)5)26-15-17-35(6,7)18-16-26/h11-14,23,26-30H,10,15-22H2,1-9H3/t23?,27-,28-,29+,30-/m0/s1. The van der Waals surface area contributed by atoms with Crippen LogP contribution in [0.15, 0.2) is 24.3 Å². The molecule has 43 heavy (non-hydrogen) atoms. The van der Waals surface area contributed by atoms with Crippen LogP contribution in [0.1, 0.15) is 98.5 Å². The number of rotatable bonds is 7. The molecule has 3 aliphatic rings. The Kier molecular flexibility index (Phi) is 10.3. The van der Waals surface area contributed by atoms with Gasteiger partial charge in [-0.3, -0.25) is 19.3 Å². The quantitative estimate of drug-likeness (QED) is 0.375. The molecule has 1 unspecified atom stereocenters. The predicted octanol–water partition coefficient (Wildman–Crippen LogP) is 6.06. The number of carbonyl (C=O) groups is 3. The van der Waals surface area contributed by atoms with E-state index in [9.17, 15) is 14.4 Å². The third kappa shape index (κ3) is 7.41. The van der Waals surface area contributed by atoms with Crippen LogP contribution in [0.2, 0.25) is 5.02 Å². The Morgan fingerprint density at radius 1 is 1.00 bits per heavy atom. The summed E-state index contributed by atoms with van der Waals surface area (Å²) in [6.07, 6.45) is 5.53. The number of benzene rings is 1. The van der Waals surface area contributed by atoms with Gasteiger partial charge in [-0.15, -0.1) is 0 Å². The second-order valence-corrected chi connectivity index (χ2v) is 15.9. The van der Waals surface area contributed by atoms with E-state index < -0.39 is 11.5 Å². The summed E-state index contributed by atoms with van der Waals surface area (Å²) in [5.41, 5.74) is 0.830. The third-order valence-electron chi connectivity index (χ3n) is 10.4. The van der Waals surface area contributed by atoms with Crippen molar-refractivity contribution >= 4 is 29.3 Å². The van der Waals surface area contributed by atoms with E-state index in [2.05, 4.69) is 37.5 Å². The highest BCUT2D eigenvalue weighted by molar-refractivity contribution is 6.30. The molecule has 0 N–H and O–H groups in total. The van der Waals surface area contributed by atoms with Crippen LogP contribution in [0.3, 0.4) is 0 Å². The minimum absolute atomic E-state index is 0.0146. The topological polar surface area (TPSA) is 64.2 Å². The van der Waals surface area contributed by atoms with Crippen molar-refractivity contribution in [1.29, 1.82) is 0 Å². The van der Waals surface area contributed by atoms with Crippen LogP contribution in [0.5, 0.6) is 0 Å². The van der Waals surface area contributed by atoms with Crippen molar-refractivity contribution in [2.24, 2.45) is 16.7 Å². The van der Waals surface area contributed by atoms with E-state index in [0.29, 0.717) is 30.6 Å². The van der Waals surface area contributed by atoms with Crippen LogP contribution in [0, 0.1) is 16.7 Å². The molecular formula is C35H55ClN4O3. The van der Waals surface area contributed by atoms with Crippen molar-refractivity contribution < 1.29 is 14.4 Å². The Morgan fingerprint density at radius 3 is 2.14 bits per heavy atom. The summed E-state index contributed by atoms with van der Waals surface area (Å²) in [7, 11) is 3.52. The molecule has 3 amide bonds. The van der Waals surface area contributed by atoms with Crippen molar-refractivity contribution in [2.45, 2.75) is 117 Å². The number of halogens is 1. The Labute approximate surface area is 265 Å². The van der Waals surface area contributed by atoms with Gasteiger partial charge in [-0.25, -0.2) is 0 Å². The average molecular weight is 615 g/mol. The van der Waals surface area contributed by atoms with Gasteiger partial charge in [0.05, 0.1) is 12.0 Å². The lowest BCUT2D eigenvalue weighted by molar-refractivity contribution is -0.147. The summed E-state index contributed by atoms with van der Waals surface area (Å²) < 4.78 is 0. The van der Waals surface area contributed by atoms with Crippen molar-refractivity contribution in [3.63, 3.8) is 0 Å². The molecule has 0 bridgehead atoms. The lowest BCUT2D eigenvalue weighted by Gasteiger charge is -2.45. The summed E-state index contributed by atoms with van der Waals surface area (Å²) >= 11 is 6.23. The van der Waals surface area contributed by atoms with Gasteiger partial charge in [0.1, 0.15) is 6.04 Å². The smallest absolute Gasteiger partial charge is 0.244 e. The highest BCUT2D eigenvalue weighted by Crippen LogP contribution is 2.42. The van der Waals surface area contributed by atoms with Crippen LogP contribution in [0.25, 0.3) is 0 Å². The Balaban J connectivity index is 1.68. The first-order valence-electron chi connectivity index (χ1n) is 16.4. The van der Waals surface area contributed by atoms with E-state index in [4.69, 9.17) is 11.6 Å². The van der Waals surface area contributed by atoms with Gasteiger partial charge < -0.3 is 14.7 Å². The summed E-state index contributed by atoms with van der Waals surface area (Å²) in [6, 6.07) is 7.60. The molecule has 3 fully saturated rings. The van der Waals surface area contributed by atoms with Crippen molar-refractivity contribution in [3.8, 4) is 0 Å². The predicted molar refractivity (Wildman–Crippen MR) is 174 cm³/mol. The summed E-state index contributed by atoms with van der Waals surface area (Å²) in [4.78, 5) is 50.4. The van der Waals surface area contributed by atoms with E-state index in [0.717, 1.165) is 44.2 Å². The fraction of sp³-hybridized carbons (Fsp3) is 0.743. The summed E-state index contributed by atoms with van der Waals surface area (Å²) in [5, 5.41) is 0.678. The Morgan fingerprint density at radius 2 is 1.60 bits per heavy atom. The van der Waals surface area contributed by atoms with E-state index >= 15 is 0 Å². The molecule has 5 atom stereocenters. The van der Waals surface area contributed by atoms with Gasteiger partial charge in [0, 0.05) is 62.2 Å². The van der Waals surface area contributed by atoms with E-state index in [1.165, 1.54) is 0 Å². The highest BCUT2D eigenvalue weighted by atomic mass is 35.5. The Bertz CT molecular complexity index is 1150. The summed E-state index contributed by atoms with van der Waals surface area (Å²) in [6.45, 7) is 16.8. The molecule has 0 aromatic heterocycles. The third-order valence-corrected chi connectivity index (χ3v) is 10.7. The zero-order chi connectivity index (χ0) is 31.9. The maximum Gasteiger partial charge on any atom is 0.244 e. The number of amides is 3. The van der Waals surface area contributed by atoms with Gasteiger partial charge in [0.15, 0.2) is 0 Å². The number of hydrogen-bond donors (Lipinski definition) is 0. The molecule has 2 heterocycles. The fourth-order valence-electron chi connectivity index (χ4n) is 7.43. The number of carbonyl (C=O) groups excluding carboxylic acids is 3.